The normalized spacial score (nSPS) is 11.7. The highest BCUT2D eigenvalue weighted by Gasteiger charge is 2.13. The lowest BCUT2D eigenvalue weighted by atomic mass is 10.2. The van der Waals surface area contributed by atoms with E-state index in [0.717, 1.165) is 44.9 Å². The second-order valence-electron chi connectivity index (χ2n) is 6.02. The van der Waals surface area contributed by atoms with Crippen LogP contribution in [0.3, 0.4) is 0 Å². The molecule has 0 aliphatic carbocycles. The van der Waals surface area contributed by atoms with Crippen LogP contribution in [0.1, 0.15) is 30.4 Å². The Bertz CT molecular complexity index is 545. The number of hydrogen-bond acceptors (Lipinski definition) is 4. The van der Waals surface area contributed by atoms with Crippen molar-refractivity contribution >= 4 is 0 Å². The molecule has 0 saturated carbocycles. The zero-order valence-corrected chi connectivity index (χ0v) is 14.2. The van der Waals surface area contributed by atoms with Crippen LogP contribution in [0.5, 0.6) is 0 Å². The van der Waals surface area contributed by atoms with Crippen LogP contribution in [-0.2, 0) is 19.6 Å². The zero-order valence-electron chi connectivity index (χ0n) is 14.2. The van der Waals surface area contributed by atoms with E-state index in [1.165, 1.54) is 11.3 Å². The van der Waals surface area contributed by atoms with Gasteiger partial charge in [0.2, 0.25) is 0 Å². The topological polar surface area (TPSA) is 37.4 Å². The van der Waals surface area contributed by atoms with Crippen LogP contribution in [0.15, 0.2) is 29.0 Å². The molecule has 0 aliphatic rings. The van der Waals surface area contributed by atoms with Crippen molar-refractivity contribution in [2.75, 3.05) is 27.2 Å². The molecule has 0 saturated heterocycles. The maximum absolute atomic E-state index is 5.51. The average Bonchev–Trinajstić information content (AvgIpc) is 3.09. The number of aromatic nitrogens is 2. The molecule has 2 aromatic rings. The SMILES string of the molecule is CCn1ncc(CN(CCCN(C)C)Cc2ccco2)c1C. The van der Waals surface area contributed by atoms with Crippen LogP contribution in [0.2, 0.25) is 0 Å². The molecule has 0 fully saturated rings. The summed E-state index contributed by atoms with van der Waals surface area (Å²) in [6.45, 7) is 9.11. The molecule has 0 amide bonds. The van der Waals surface area contributed by atoms with Crippen LogP contribution >= 0.6 is 0 Å². The van der Waals surface area contributed by atoms with Crippen molar-refractivity contribution in [1.82, 2.24) is 19.6 Å². The highest BCUT2D eigenvalue weighted by atomic mass is 16.3. The minimum Gasteiger partial charge on any atom is -0.468 e. The quantitative estimate of drug-likeness (QED) is 0.714. The van der Waals surface area contributed by atoms with Gasteiger partial charge in [0, 0.05) is 30.9 Å². The van der Waals surface area contributed by atoms with Gasteiger partial charge < -0.3 is 9.32 Å². The van der Waals surface area contributed by atoms with E-state index in [2.05, 4.69) is 47.5 Å². The van der Waals surface area contributed by atoms with Crippen LogP contribution in [0.4, 0.5) is 0 Å². The van der Waals surface area contributed by atoms with Crippen LogP contribution in [0, 0.1) is 6.92 Å². The van der Waals surface area contributed by atoms with Crippen LogP contribution < -0.4 is 0 Å². The standard InChI is InChI=1S/C17H28N4O/c1-5-21-15(2)16(12-18-21)13-20(10-7-9-19(3)4)14-17-8-6-11-22-17/h6,8,11-12H,5,7,9-10,13-14H2,1-4H3. The number of rotatable bonds is 9. The Morgan fingerprint density at radius 3 is 2.64 bits per heavy atom. The summed E-state index contributed by atoms with van der Waals surface area (Å²) in [6, 6.07) is 4.00. The van der Waals surface area contributed by atoms with Gasteiger partial charge in [-0.25, -0.2) is 0 Å². The van der Waals surface area contributed by atoms with Gasteiger partial charge in [0.25, 0.3) is 0 Å². The Hall–Kier alpha value is -1.59. The number of hydrogen-bond donors (Lipinski definition) is 0. The molecule has 2 rings (SSSR count). The largest absolute Gasteiger partial charge is 0.468 e. The van der Waals surface area contributed by atoms with Gasteiger partial charge >= 0.3 is 0 Å². The van der Waals surface area contributed by atoms with E-state index in [1.807, 2.05) is 18.3 Å². The van der Waals surface area contributed by atoms with E-state index in [9.17, 15) is 0 Å². The van der Waals surface area contributed by atoms with Gasteiger partial charge in [-0.15, -0.1) is 0 Å². The third-order valence-corrected chi connectivity index (χ3v) is 3.94. The van der Waals surface area contributed by atoms with Crippen LogP contribution in [-0.4, -0.2) is 46.8 Å². The van der Waals surface area contributed by atoms with Crippen molar-refractivity contribution in [3.05, 3.63) is 41.6 Å². The number of furan rings is 1. The van der Waals surface area contributed by atoms with Crippen molar-refractivity contribution in [3.8, 4) is 0 Å². The first-order chi connectivity index (χ1) is 10.6. The lowest BCUT2D eigenvalue weighted by Crippen LogP contribution is -2.27. The lowest BCUT2D eigenvalue weighted by Gasteiger charge is -2.22. The molecule has 0 unspecified atom stereocenters. The van der Waals surface area contributed by atoms with E-state index in [1.54, 1.807) is 6.26 Å². The number of aryl methyl sites for hydroxylation is 1. The third kappa shape index (κ3) is 4.71. The van der Waals surface area contributed by atoms with Crippen LogP contribution in [0.25, 0.3) is 0 Å². The molecule has 0 N–H and O–H groups in total. The van der Waals surface area contributed by atoms with Crippen molar-refractivity contribution in [2.24, 2.45) is 0 Å². The summed E-state index contributed by atoms with van der Waals surface area (Å²) >= 11 is 0. The fraction of sp³-hybridized carbons (Fsp3) is 0.588. The molecular formula is C17H28N4O. The summed E-state index contributed by atoms with van der Waals surface area (Å²) in [5.74, 6) is 1.02. The average molecular weight is 304 g/mol. The monoisotopic (exact) mass is 304 g/mol. The summed E-state index contributed by atoms with van der Waals surface area (Å²) in [5.41, 5.74) is 2.57. The number of nitrogens with zero attached hydrogens (tertiary/aromatic N) is 4. The lowest BCUT2D eigenvalue weighted by molar-refractivity contribution is 0.222. The molecule has 2 aromatic heterocycles. The Labute approximate surface area is 133 Å². The summed E-state index contributed by atoms with van der Waals surface area (Å²) in [4.78, 5) is 4.66. The molecular weight excluding hydrogens is 276 g/mol. The van der Waals surface area contributed by atoms with Gasteiger partial charge in [-0.2, -0.15) is 5.10 Å². The molecule has 0 bridgehead atoms. The second-order valence-corrected chi connectivity index (χ2v) is 6.02. The van der Waals surface area contributed by atoms with Gasteiger partial charge in [-0.1, -0.05) is 0 Å². The second kappa shape index (κ2) is 8.15. The molecule has 5 heteroatoms. The first-order valence-corrected chi connectivity index (χ1v) is 8.01. The Balaban J connectivity index is 2.00. The van der Waals surface area contributed by atoms with Gasteiger partial charge in [0.15, 0.2) is 0 Å². The predicted octanol–water partition coefficient (Wildman–Crippen LogP) is 2.76. The summed E-state index contributed by atoms with van der Waals surface area (Å²) in [7, 11) is 4.23. The van der Waals surface area contributed by atoms with E-state index in [-0.39, 0.29) is 0 Å². The molecule has 0 spiro atoms. The van der Waals surface area contributed by atoms with E-state index < -0.39 is 0 Å². The van der Waals surface area contributed by atoms with E-state index in [4.69, 9.17) is 4.42 Å². The molecule has 122 valence electrons. The molecule has 5 nitrogen and oxygen atoms in total. The summed E-state index contributed by atoms with van der Waals surface area (Å²) < 4.78 is 7.57. The minimum absolute atomic E-state index is 0.844. The fourth-order valence-corrected chi connectivity index (χ4v) is 2.65. The first kappa shape index (κ1) is 16.8. The van der Waals surface area contributed by atoms with Gasteiger partial charge in [0.1, 0.15) is 5.76 Å². The van der Waals surface area contributed by atoms with Gasteiger partial charge in [-0.05, 0) is 53.0 Å². The highest BCUT2D eigenvalue weighted by molar-refractivity contribution is 5.16. The van der Waals surface area contributed by atoms with Crippen molar-refractivity contribution in [3.63, 3.8) is 0 Å². The maximum Gasteiger partial charge on any atom is 0.117 e. The summed E-state index contributed by atoms with van der Waals surface area (Å²) in [6.07, 6.45) is 4.89. The molecule has 0 aliphatic heterocycles. The Morgan fingerprint density at radius 1 is 1.23 bits per heavy atom. The van der Waals surface area contributed by atoms with Crippen molar-refractivity contribution in [1.29, 1.82) is 0 Å². The maximum atomic E-state index is 5.51. The van der Waals surface area contributed by atoms with Gasteiger partial charge in [-0.3, -0.25) is 9.58 Å². The van der Waals surface area contributed by atoms with E-state index in [0.29, 0.717) is 0 Å². The molecule has 0 aromatic carbocycles. The third-order valence-electron chi connectivity index (χ3n) is 3.94. The first-order valence-electron chi connectivity index (χ1n) is 8.01. The van der Waals surface area contributed by atoms with Crippen molar-refractivity contribution in [2.45, 2.75) is 39.9 Å². The van der Waals surface area contributed by atoms with Crippen molar-refractivity contribution < 1.29 is 4.42 Å². The zero-order chi connectivity index (χ0) is 15.9. The molecule has 22 heavy (non-hydrogen) atoms. The smallest absolute Gasteiger partial charge is 0.117 e. The predicted molar refractivity (Wildman–Crippen MR) is 88.6 cm³/mol. The Kier molecular flexibility index (Phi) is 6.21. The molecule has 2 heterocycles. The van der Waals surface area contributed by atoms with E-state index >= 15 is 0 Å². The van der Waals surface area contributed by atoms with Gasteiger partial charge in [0.05, 0.1) is 19.0 Å². The molecule has 0 radical (unpaired) electrons. The summed E-state index contributed by atoms with van der Waals surface area (Å²) in [5, 5.41) is 4.45. The highest BCUT2D eigenvalue weighted by Crippen LogP contribution is 2.14. The fourth-order valence-electron chi connectivity index (χ4n) is 2.65. The molecule has 0 atom stereocenters. The Morgan fingerprint density at radius 2 is 2.05 bits per heavy atom. The minimum atomic E-state index is 0.844.